The van der Waals surface area contributed by atoms with Crippen molar-refractivity contribution in [2.75, 3.05) is 20.3 Å². The summed E-state index contributed by atoms with van der Waals surface area (Å²) in [6.07, 6.45) is 2.75. The predicted octanol–water partition coefficient (Wildman–Crippen LogP) is 2.30. The van der Waals surface area contributed by atoms with Crippen LogP contribution in [0.2, 0.25) is 0 Å². The number of hydrogen-bond acceptors (Lipinski definition) is 2. The van der Waals surface area contributed by atoms with E-state index in [1.807, 2.05) is 41.1 Å². The molecule has 0 fully saturated rings. The van der Waals surface area contributed by atoms with Crippen molar-refractivity contribution < 1.29 is 9.53 Å². The van der Waals surface area contributed by atoms with Gasteiger partial charge in [-0.15, -0.1) is 0 Å². The number of nitrogens with zero attached hydrogens (tertiary/aromatic N) is 1. The Morgan fingerprint density at radius 3 is 2.75 bits per heavy atom. The minimum Gasteiger partial charge on any atom is -0.385 e. The first-order valence-corrected chi connectivity index (χ1v) is 6.77. The fourth-order valence-electron chi connectivity index (χ4n) is 2.05. The molecule has 0 aliphatic carbocycles. The van der Waals surface area contributed by atoms with Gasteiger partial charge < -0.3 is 14.6 Å². The summed E-state index contributed by atoms with van der Waals surface area (Å²) in [5.74, 6) is -0.0398. The van der Waals surface area contributed by atoms with Gasteiger partial charge in [-0.2, -0.15) is 0 Å². The standard InChI is InChI=1S/C16H20N2O2/c1-20-12-6-10-17-16(19)15-9-5-11-18(15)13-14-7-3-2-4-8-14/h2-5,7-9,11H,6,10,12-13H2,1H3,(H,17,19). The zero-order valence-electron chi connectivity index (χ0n) is 11.7. The molecule has 0 spiro atoms. The van der Waals surface area contributed by atoms with E-state index in [1.165, 1.54) is 5.56 Å². The van der Waals surface area contributed by atoms with Gasteiger partial charge in [-0.3, -0.25) is 4.79 Å². The molecule has 1 amide bonds. The second-order valence-electron chi connectivity index (χ2n) is 4.61. The molecule has 4 nitrogen and oxygen atoms in total. The number of ether oxygens (including phenoxy) is 1. The molecule has 1 aromatic heterocycles. The Morgan fingerprint density at radius 2 is 2.00 bits per heavy atom. The number of rotatable bonds is 7. The van der Waals surface area contributed by atoms with E-state index in [9.17, 15) is 4.79 Å². The first-order chi connectivity index (χ1) is 9.81. The van der Waals surface area contributed by atoms with Gasteiger partial charge in [0.05, 0.1) is 0 Å². The van der Waals surface area contributed by atoms with Crippen molar-refractivity contribution in [1.29, 1.82) is 0 Å². The number of nitrogens with one attached hydrogen (secondary N) is 1. The highest BCUT2D eigenvalue weighted by Gasteiger charge is 2.10. The van der Waals surface area contributed by atoms with E-state index in [0.29, 0.717) is 25.4 Å². The molecule has 4 heteroatoms. The second-order valence-corrected chi connectivity index (χ2v) is 4.61. The molecule has 1 N–H and O–H groups in total. The Hall–Kier alpha value is -2.07. The molecule has 0 atom stereocenters. The van der Waals surface area contributed by atoms with Crippen LogP contribution >= 0.6 is 0 Å². The maximum absolute atomic E-state index is 12.1. The average molecular weight is 272 g/mol. The summed E-state index contributed by atoms with van der Waals surface area (Å²) in [4.78, 5) is 12.1. The maximum Gasteiger partial charge on any atom is 0.267 e. The van der Waals surface area contributed by atoms with E-state index >= 15 is 0 Å². The summed E-state index contributed by atoms with van der Waals surface area (Å²) in [5.41, 5.74) is 1.86. The number of methoxy groups -OCH3 is 1. The van der Waals surface area contributed by atoms with Gasteiger partial charge in [0.15, 0.2) is 0 Å². The van der Waals surface area contributed by atoms with Gasteiger partial charge in [-0.25, -0.2) is 0 Å². The molecule has 2 rings (SSSR count). The molecule has 0 unspecified atom stereocenters. The summed E-state index contributed by atoms with van der Waals surface area (Å²) in [6, 6.07) is 13.8. The van der Waals surface area contributed by atoms with E-state index in [0.717, 1.165) is 6.42 Å². The molecule has 1 heterocycles. The van der Waals surface area contributed by atoms with Crippen molar-refractivity contribution in [1.82, 2.24) is 9.88 Å². The Bertz CT molecular complexity index is 534. The van der Waals surface area contributed by atoms with Crippen LogP contribution in [0.25, 0.3) is 0 Å². The quantitative estimate of drug-likeness (QED) is 0.786. The van der Waals surface area contributed by atoms with Crippen LogP contribution in [-0.4, -0.2) is 30.7 Å². The summed E-state index contributed by atoms with van der Waals surface area (Å²) >= 11 is 0. The molecule has 0 radical (unpaired) electrons. The van der Waals surface area contributed by atoms with Crippen LogP contribution in [0, 0.1) is 0 Å². The minimum atomic E-state index is -0.0398. The predicted molar refractivity (Wildman–Crippen MR) is 78.8 cm³/mol. The van der Waals surface area contributed by atoms with Crippen LogP contribution in [-0.2, 0) is 11.3 Å². The maximum atomic E-state index is 12.1. The largest absolute Gasteiger partial charge is 0.385 e. The lowest BCUT2D eigenvalue weighted by atomic mass is 10.2. The van der Waals surface area contributed by atoms with E-state index in [-0.39, 0.29) is 5.91 Å². The Kier molecular flexibility index (Phi) is 5.38. The SMILES string of the molecule is COCCCNC(=O)c1cccn1Cc1ccccc1. The highest BCUT2D eigenvalue weighted by atomic mass is 16.5. The summed E-state index contributed by atoms with van der Waals surface area (Å²) in [5, 5.41) is 2.91. The van der Waals surface area contributed by atoms with Crippen LogP contribution in [0.3, 0.4) is 0 Å². The van der Waals surface area contributed by atoms with Gasteiger partial charge >= 0.3 is 0 Å². The Morgan fingerprint density at radius 1 is 1.20 bits per heavy atom. The number of benzene rings is 1. The summed E-state index contributed by atoms with van der Waals surface area (Å²) in [6.45, 7) is 1.99. The lowest BCUT2D eigenvalue weighted by Gasteiger charge is -2.10. The number of hydrogen-bond donors (Lipinski definition) is 1. The number of carbonyl (C=O) groups excluding carboxylic acids is 1. The third kappa shape index (κ3) is 3.96. The lowest BCUT2D eigenvalue weighted by molar-refractivity contribution is 0.0940. The zero-order chi connectivity index (χ0) is 14.2. The molecule has 0 aliphatic rings. The Labute approximate surface area is 119 Å². The van der Waals surface area contributed by atoms with Crippen molar-refractivity contribution in [3.05, 3.63) is 59.9 Å². The van der Waals surface area contributed by atoms with Gasteiger partial charge in [-0.05, 0) is 24.1 Å². The molecule has 0 bridgehead atoms. The summed E-state index contributed by atoms with van der Waals surface area (Å²) < 4.78 is 6.92. The topological polar surface area (TPSA) is 43.3 Å². The van der Waals surface area contributed by atoms with Crippen LogP contribution in [0.1, 0.15) is 22.5 Å². The molecular formula is C16H20N2O2. The average Bonchev–Trinajstić information content (AvgIpc) is 2.93. The molecule has 1 aromatic carbocycles. The lowest BCUT2D eigenvalue weighted by Crippen LogP contribution is -2.27. The van der Waals surface area contributed by atoms with Crippen LogP contribution in [0.5, 0.6) is 0 Å². The van der Waals surface area contributed by atoms with Gasteiger partial charge in [0.2, 0.25) is 0 Å². The van der Waals surface area contributed by atoms with E-state index < -0.39 is 0 Å². The Balaban J connectivity index is 1.96. The molecular weight excluding hydrogens is 252 g/mol. The molecule has 0 aliphatic heterocycles. The highest BCUT2D eigenvalue weighted by Crippen LogP contribution is 2.07. The third-order valence-electron chi connectivity index (χ3n) is 3.07. The van der Waals surface area contributed by atoms with Crippen molar-refractivity contribution in [3.63, 3.8) is 0 Å². The molecule has 0 saturated heterocycles. The van der Waals surface area contributed by atoms with E-state index in [1.54, 1.807) is 7.11 Å². The van der Waals surface area contributed by atoms with Gasteiger partial charge in [0.1, 0.15) is 5.69 Å². The van der Waals surface area contributed by atoms with Crippen LogP contribution in [0.15, 0.2) is 48.7 Å². The van der Waals surface area contributed by atoms with Gasteiger partial charge in [0, 0.05) is 33.0 Å². The monoisotopic (exact) mass is 272 g/mol. The van der Waals surface area contributed by atoms with Crippen LogP contribution in [0.4, 0.5) is 0 Å². The minimum absolute atomic E-state index is 0.0398. The molecule has 106 valence electrons. The third-order valence-corrected chi connectivity index (χ3v) is 3.07. The van der Waals surface area contributed by atoms with Gasteiger partial charge in [0.25, 0.3) is 5.91 Å². The van der Waals surface area contributed by atoms with Crippen LogP contribution < -0.4 is 5.32 Å². The van der Waals surface area contributed by atoms with E-state index in [4.69, 9.17) is 4.74 Å². The first-order valence-electron chi connectivity index (χ1n) is 6.77. The number of carbonyl (C=O) groups is 1. The molecule has 20 heavy (non-hydrogen) atoms. The van der Waals surface area contributed by atoms with Gasteiger partial charge in [-0.1, -0.05) is 30.3 Å². The highest BCUT2D eigenvalue weighted by molar-refractivity contribution is 5.92. The second kappa shape index (κ2) is 7.50. The fraction of sp³-hybridized carbons (Fsp3) is 0.312. The first kappa shape index (κ1) is 14.3. The zero-order valence-corrected chi connectivity index (χ0v) is 11.7. The van der Waals surface area contributed by atoms with Crippen molar-refractivity contribution in [2.24, 2.45) is 0 Å². The smallest absolute Gasteiger partial charge is 0.267 e. The van der Waals surface area contributed by atoms with Crippen molar-refractivity contribution in [2.45, 2.75) is 13.0 Å². The van der Waals surface area contributed by atoms with E-state index in [2.05, 4.69) is 17.4 Å². The molecule has 2 aromatic rings. The molecule has 0 saturated carbocycles. The number of amides is 1. The van der Waals surface area contributed by atoms with Crippen molar-refractivity contribution in [3.8, 4) is 0 Å². The summed E-state index contributed by atoms with van der Waals surface area (Å²) in [7, 11) is 1.66. The normalized spacial score (nSPS) is 10.4. The fourth-order valence-corrected chi connectivity index (χ4v) is 2.05. The number of aromatic nitrogens is 1. The van der Waals surface area contributed by atoms with Crippen molar-refractivity contribution >= 4 is 5.91 Å².